The van der Waals surface area contributed by atoms with E-state index in [9.17, 15) is 0 Å². The molecule has 120 valence electrons. The summed E-state index contributed by atoms with van der Waals surface area (Å²) in [5, 5.41) is 4.22. The van der Waals surface area contributed by atoms with Crippen LogP contribution in [0.3, 0.4) is 0 Å². The van der Waals surface area contributed by atoms with E-state index in [1.165, 1.54) is 70.8 Å². The van der Waals surface area contributed by atoms with Gasteiger partial charge in [-0.05, 0) is 20.3 Å². The second kappa shape index (κ2) is 11.9. The Hall–Kier alpha value is 0.270. The van der Waals surface area contributed by atoms with E-state index in [-0.39, 0.29) is 0 Å². The van der Waals surface area contributed by atoms with Crippen molar-refractivity contribution >= 4 is 11.8 Å². The summed E-state index contributed by atoms with van der Waals surface area (Å²) in [5.41, 5.74) is 0. The second-order valence-electron chi connectivity index (χ2n) is 6.21. The summed E-state index contributed by atoms with van der Waals surface area (Å²) in [6.07, 6.45) is 14.8. The third-order valence-corrected chi connectivity index (χ3v) is 5.52. The number of hydrogen-bond donors (Lipinski definition) is 1. The van der Waals surface area contributed by atoms with Gasteiger partial charge >= 0.3 is 0 Å². The van der Waals surface area contributed by atoms with Crippen LogP contribution in [0.2, 0.25) is 0 Å². The molecular formula is C17H36N2S. The molecule has 2 unspecified atom stereocenters. The first-order chi connectivity index (χ1) is 9.75. The van der Waals surface area contributed by atoms with E-state index in [0.717, 1.165) is 5.88 Å². The predicted molar refractivity (Wildman–Crippen MR) is 93.1 cm³/mol. The van der Waals surface area contributed by atoms with Gasteiger partial charge in [0.25, 0.3) is 0 Å². The summed E-state index contributed by atoms with van der Waals surface area (Å²) in [6.45, 7) is 8.20. The van der Waals surface area contributed by atoms with Gasteiger partial charge in [-0.15, -0.1) is 11.8 Å². The van der Waals surface area contributed by atoms with Gasteiger partial charge in [0.2, 0.25) is 0 Å². The SMILES string of the molecule is CCCCCCCCCCCCN1C(C)NCSC1C. The minimum Gasteiger partial charge on any atom is -0.293 e. The van der Waals surface area contributed by atoms with Crippen LogP contribution in [-0.4, -0.2) is 28.9 Å². The van der Waals surface area contributed by atoms with E-state index >= 15 is 0 Å². The van der Waals surface area contributed by atoms with Gasteiger partial charge in [-0.2, -0.15) is 0 Å². The van der Waals surface area contributed by atoms with Crippen molar-refractivity contribution in [1.82, 2.24) is 10.2 Å². The van der Waals surface area contributed by atoms with Gasteiger partial charge in [-0.25, -0.2) is 0 Å². The Balaban J connectivity index is 1.89. The number of thioether (sulfide) groups is 1. The molecule has 0 radical (unpaired) electrons. The molecule has 1 aliphatic rings. The van der Waals surface area contributed by atoms with Crippen molar-refractivity contribution in [2.75, 3.05) is 12.4 Å². The van der Waals surface area contributed by atoms with Gasteiger partial charge in [0.05, 0.1) is 11.5 Å². The summed E-state index contributed by atoms with van der Waals surface area (Å²) in [5.74, 6) is 1.11. The summed E-state index contributed by atoms with van der Waals surface area (Å²) in [4.78, 5) is 2.61. The van der Waals surface area contributed by atoms with E-state index in [1.54, 1.807) is 0 Å². The fraction of sp³-hybridized carbons (Fsp3) is 1.00. The molecule has 0 saturated carbocycles. The number of nitrogens with zero attached hydrogens (tertiary/aromatic N) is 1. The molecule has 0 aromatic heterocycles. The van der Waals surface area contributed by atoms with E-state index in [2.05, 4.69) is 31.0 Å². The van der Waals surface area contributed by atoms with Crippen molar-refractivity contribution in [3.63, 3.8) is 0 Å². The first-order valence-electron chi connectivity index (χ1n) is 8.86. The lowest BCUT2D eigenvalue weighted by atomic mass is 10.1. The van der Waals surface area contributed by atoms with Crippen molar-refractivity contribution in [3.8, 4) is 0 Å². The molecule has 0 amide bonds. The minimum absolute atomic E-state index is 0.560. The lowest BCUT2D eigenvalue weighted by Gasteiger charge is -2.39. The van der Waals surface area contributed by atoms with Gasteiger partial charge in [0, 0.05) is 12.4 Å². The first-order valence-corrected chi connectivity index (χ1v) is 9.91. The van der Waals surface area contributed by atoms with E-state index < -0.39 is 0 Å². The average Bonchev–Trinajstić information content (AvgIpc) is 2.43. The summed E-state index contributed by atoms with van der Waals surface area (Å²) >= 11 is 2.03. The van der Waals surface area contributed by atoms with Crippen LogP contribution in [0.1, 0.15) is 85.0 Å². The molecule has 0 spiro atoms. The first kappa shape index (κ1) is 18.3. The highest BCUT2D eigenvalue weighted by Crippen LogP contribution is 2.22. The van der Waals surface area contributed by atoms with Crippen LogP contribution in [0, 0.1) is 0 Å². The van der Waals surface area contributed by atoms with Gasteiger partial charge in [-0.3, -0.25) is 10.2 Å². The van der Waals surface area contributed by atoms with Crippen LogP contribution in [0.4, 0.5) is 0 Å². The molecule has 2 atom stereocenters. The summed E-state index contributed by atoms with van der Waals surface area (Å²) in [7, 11) is 0. The molecule has 1 rings (SSSR count). The zero-order chi connectivity index (χ0) is 14.6. The fourth-order valence-corrected chi connectivity index (χ4v) is 4.03. The molecular weight excluding hydrogens is 264 g/mol. The van der Waals surface area contributed by atoms with E-state index in [0.29, 0.717) is 11.5 Å². The standard InChI is InChI=1S/C17H36N2S/c1-4-5-6-7-8-9-10-11-12-13-14-19-16(2)18-15-20-17(19)3/h16-18H,4-15H2,1-3H3. The number of hydrogen-bond acceptors (Lipinski definition) is 3. The lowest BCUT2D eigenvalue weighted by molar-refractivity contribution is 0.164. The smallest absolute Gasteiger partial charge is 0.0584 e. The van der Waals surface area contributed by atoms with Crippen LogP contribution >= 0.6 is 11.8 Å². The second-order valence-corrected chi connectivity index (χ2v) is 7.51. The number of unbranched alkanes of at least 4 members (excludes halogenated alkanes) is 9. The van der Waals surface area contributed by atoms with Gasteiger partial charge < -0.3 is 0 Å². The highest BCUT2D eigenvalue weighted by Gasteiger charge is 2.23. The largest absolute Gasteiger partial charge is 0.293 e. The average molecular weight is 301 g/mol. The quantitative estimate of drug-likeness (QED) is 0.528. The van der Waals surface area contributed by atoms with Crippen molar-refractivity contribution in [2.24, 2.45) is 0 Å². The molecule has 1 N–H and O–H groups in total. The van der Waals surface area contributed by atoms with Crippen molar-refractivity contribution in [1.29, 1.82) is 0 Å². The Morgan fingerprint density at radius 2 is 1.45 bits per heavy atom. The van der Waals surface area contributed by atoms with Crippen LogP contribution < -0.4 is 5.32 Å². The maximum Gasteiger partial charge on any atom is 0.0584 e. The van der Waals surface area contributed by atoms with Crippen LogP contribution in [0.5, 0.6) is 0 Å². The Kier molecular flexibility index (Phi) is 10.9. The molecule has 1 heterocycles. The van der Waals surface area contributed by atoms with Gasteiger partial charge in [0.1, 0.15) is 0 Å². The van der Waals surface area contributed by atoms with E-state index in [1.807, 2.05) is 11.8 Å². The minimum atomic E-state index is 0.560. The molecule has 1 aliphatic heterocycles. The Morgan fingerprint density at radius 1 is 0.900 bits per heavy atom. The molecule has 1 fully saturated rings. The summed E-state index contributed by atoms with van der Waals surface area (Å²) < 4.78 is 0. The highest BCUT2D eigenvalue weighted by atomic mass is 32.2. The predicted octanol–water partition coefficient (Wildman–Crippen LogP) is 5.20. The zero-order valence-corrected chi connectivity index (χ0v) is 14.8. The highest BCUT2D eigenvalue weighted by molar-refractivity contribution is 7.99. The third-order valence-electron chi connectivity index (χ3n) is 4.44. The van der Waals surface area contributed by atoms with Crippen molar-refractivity contribution < 1.29 is 0 Å². The number of nitrogens with one attached hydrogen (secondary N) is 1. The zero-order valence-electron chi connectivity index (χ0n) is 14.0. The third kappa shape index (κ3) is 7.90. The maximum absolute atomic E-state index is 3.54. The Morgan fingerprint density at radius 3 is 2.00 bits per heavy atom. The molecule has 1 saturated heterocycles. The maximum atomic E-state index is 3.54. The molecule has 0 aromatic rings. The molecule has 2 nitrogen and oxygen atoms in total. The molecule has 20 heavy (non-hydrogen) atoms. The summed E-state index contributed by atoms with van der Waals surface area (Å²) in [6, 6.07) is 0. The molecule has 0 aromatic carbocycles. The molecule has 3 heteroatoms. The van der Waals surface area contributed by atoms with Crippen molar-refractivity contribution in [3.05, 3.63) is 0 Å². The Labute approximate surface area is 131 Å². The van der Waals surface area contributed by atoms with Gasteiger partial charge in [0.15, 0.2) is 0 Å². The normalized spacial score (nSPS) is 24.1. The topological polar surface area (TPSA) is 15.3 Å². The number of rotatable bonds is 11. The fourth-order valence-electron chi connectivity index (χ4n) is 2.97. The van der Waals surface area contributed by atoms with Crippen LogP contribution in [0.15, 0.2) is 0 Å². The Bertz CT molecular complexity index is 213. The van der Waals surface area contributed by atoms with E-state index in [4.69, 9.17) is 0 Å². The molecule has 0 bridgehead atoms. The van der Waals surface area contributed by atoms with Crippen LogP contribution in [-0.2, 0) is 0 Å². The monoisotopic (exact) mass is 300 g/mol. The van der Waals surface area contributed by atoms with Crippen molar-refractivity contribution in [2.45, 2.75) is 96.5 Å². The van der Waals surface area contributed by atoms with Crippen LogP contribution in [0.25, 0.3) is 0 Å². The van der Waals surface area contributed by atoms with Gasteiger partial charge in [-0.1, -0.05) is 64.7 Å². The molecule has 0 aliphatic carbocycles. The lowest BCUT2D eigenvalue weighted by Crippen LogP contribution is -2.51.